The lowest BCUT2D eigenvalue weighted by Crippen LogP contribution is -2.04. The van der Waals surface area contributed by atoms with Crippen molar-refractivity contribution in [1.29, 1.82) is 0 Å². The number of nitrogens with one attached hydrogen (secondary N) is 1. The Bertz CT molecular complexity index is 480. The van der Waals surface area contributed by atoms with Gasteiger partial charge in [-0.25, -0.2) is 0 Å². The molecule has 2 aromatic rings. The number of rotatable bonds is 4. The normalized spacial score (nSPS) is 10.1. The summed E-state index contributed by atoms with van der Waals surface area (Å²) in [5.41, 5.74) is 8.73. The van der Waals surface area contributed by atoms with Crippen LogP contribution in [0.25, 0.3) is 0 Å². The summed E-state index contributed by atoms with van der Waals surface area (Å²) >= 11 is 0. The molecule has 0 bridgehead atoms. The van der Waals surface area contributed by atoms with Crippen LogP contribution in [-0.2, 0) is 6.42 Å². The van der Waals surface area contributed by atoms with E-state index in [1.54, 1.807) is 12.1 Å². The number of nitrogen functional groups attached to an aromatic ring is 1. The Morgan fingerprint density at radius 2 is 1.82 bits per heavy atom. The van der Waals surface area contributed by atoms with E-state index >= 15 is 0 Å². The maximum absolute atomic E-state index is 9.15. The molecule has 0 amide bonds. The maximum Gasteiger partial charge on any atom is 0.115 e. The Kier molecular flexibility index (Phi) is 3.50. The van der Waals surface area contributed by atoms with Crippen molar-refractivity contribution in [2.24, 2.45) is 0 Å². The summed E-state index contributed by atoms with van der Waals surface area (Å²) < 4.78 is 0. The maximum atomic E-state index is 9.15. The SMILES string of the molecule is Nc1cccc(CCNc2ccc(O)cc2)c1. The summed E-state index contributed by atoms with van der Waals surface area (Å²) in [5.74, 6) is 0.284. The Labute approximate surface area is 101 Å². The second-order valence-corrected chi connectivity index (χ2v) is 3.97. The second-order valence-electron chi connectivity index (χ2n) is 3.97. The summed E-state index contributed by atoms with van der Waals surface area (Å²) in [6, 6.07) is 14.9. The Morgan fingerprint density at radius 3 is 2.53 bits per heavy atom. The van der Waals surface area contributed by atoms with E-state index in [9.17, 15) is 0 Å². The van der Waals surface area contributed by atoms with Crippen molar-refractivity contribution in [3.8, 4) is 5.75 Å². The van der Waals surface area contributed by atoms with Crippen LogP contribution in [0.1, 0.15) is 5.56 Å². The molecule has 0 aliphatic rings. The third-order valence-corrected chi connectivity index (χ3v) is 2.56. The van der Waals surface area contributed by atoms with Gasteiger partial charge in [-0.15, -0.1) is 0 Å². The molecule has 2 rings (SSSR count). The third-order valence-electron chi connectivity index (χ3n) is 2.56. The zero-order chi connectivity index (χ0) is 12.1. The highest BCUT2D eigenvalue weighted by Crippen LogP contribution is 2.14. The van der Waals surface area contributed by atoms with Crippen LogP contribution < -0.4 is 11.1 Å². The molecular weight excluding hydrogens is 212 g/mol. The van der Waals surface area contributed by atoms with Gasteiger partial charge in [-0.1, -0.05) is 12.1 Å². The molecule has 0 spiro atoms. The fourth-order valence-corrected chi connectivity index (χ4v) is 1.68. The molecule has 88 valence electrons. The number of benzene rings is 2. The predicted octanol–water partition coefficient (Wildman–Crippen LogP) is 2.63. The van der Waals surface area contributed by atoms with E-state index in [1.807, 2.05) is 30.3 Å². The van der Waals surface area contributed by atoms with Crippen molar-refractivity contribution in [2.75, 3.05) is 17.6 Å². The summed E-state index contributed by atoms with van der Waals surface area (Å²) in [4.78, 5) is 0. The highest BCUT2D eigenvalue weighted by Gasteiger charge is 1.95. The monoisotopic (exact) mass is 228 g/mol. The summed E-state index contributed by atoms with van der Waals surface area (Å²) in [5, 5.41) is 12.4. The van der Waals surface area contributed by atoms with Gasteiger partial charge in [-0.3, -0.25) is 0 Å². The molecule has 0 heterocycles. The van der Waals surface area contributed by atoms with Crippen molar-refractivity contribution in [3.63, 3.8) is 0 Å². The third kappa shape index (κ3) is 3.41. The van der Waals surface area contributed by atoms with E-state index in [4.69, 9.17) is 10.8 Å². The molecule has 3 nitrogen and oxygen atoms in total. The number of aromatic hydroxyl groups is 1. The number of phenolic OH excluding ortho intramolecular Hbond substituents is 1. The van der Waals surface area contributed by atoms with E-state index in [1.165, 1.54) is 5.56 Å². The molecule has 4 N–H and O–H groups in total. The zero-order valence-corrected chi connectivity index (χ0v) is 9.56. The van der Waals surface area contributed by atoms with Crippen LogP contribution in [0.2, 0.25) is 0 Å². The lowest BCUT2D eigenvalue weighted by molar-refractivity contribution is 0.475. The molecular formula is C14H16N2O. The minimum Gasteiger partial charge on any atom is -0.508 e. The van der Waals surface area contributed by atoms with Gasteiger partial charge in [-0.05, 0) is 48.4 Å². The van der Waals surface area contributed by atoms with Crippen LogP contribution in [0.15, 0.2) is 48.5 Å². The molecule has 0 atom stereocenters. The van der Waals surface area contributed by atoms with Crippen LogP contribution in [-0.4, -0.2) is 11.7 Å². The minimum atomic E-state index is 0.284. The molecule has 0 aromatic heterocycles. The van der Waals surface area contributed by atoms with Gasteiger partial charge in [0, 0.05) is 17.9 Å². The number of hydrogen-bond donors (Lipinski definition) is 3. The molecule has 0 saturated heterocycles. The number of anilines is 2. The Balaban J connectivity index is 1.85. The largest absolute Gasteiger partial charge is 0.508 e. The Morgan fingerprint density at radius 1 is 1.06 bits per heavy atom. The van der Waals surface area contributed by atoms with Crippen LogP contribution >= 0.6 is 0 Å². The molecule has 0 unspecified atom stereocenters. The van der Waals surface area contributed by atoms with Gasteiger partial charge in [0.25, 0.3) is 0 Å². The van der Waals surface area contributed by atoms with Crippen molar-refractivity contribution in [1.82, 2.24) is 0 Å². The standard InChI is InChI=1S/C14H16N2O/c15-12-3-1-2-11(10-12)8-9-16-13-4-6-14(17)7-5-13/h1-7,10,16-17H,8-9,15H2. The highest BCUT2D eigenvalue weighted by molar-refractivity contribution is 5.46. The highest BCUT2D eigenvalue weighted by atomic mass is 16.3. The average molecular weight is 228 g/mol. The predicted molar refractivity (Wildman–Crippen MR) is 71.2 cm³/mol. The number of phenols is 1. The quantitative estimate of drug-likeness (QED) is 0.557. The molecule has 0 aliphatic carbocycles. The molecule has 0 saturated carbocycles. The van der Waals surface area contributed by atoms with Gasteiger partial charge in [0.15, 0.2) is 0 Å². The smallest absolute Gasteiger partial charge is 0.115 e. The molecule has 2 aromatic carbocycles. The first-order chi connectivity index (χ1) is 8.24. The molecule has 0 aliphatic heterocycles. The number of nitrogens with two attached hydrogens (primary N) is 1. The van der Waals surface area contributed by atoms with E-state index in [2.05, 4.69) is 11.4 Å². The first kappa shape index (κ1) is 11.3. The van der Waals surface area contributed by atoms with Crippen LogP contribution in [0.5, 0.6) is 5.75 Å². The summed E-state index contributed by atoms with van der Waals surface area (Å²) in [7, 11) is 0. The van der Waals surface area contributed by atoms with Crippen LogP contribution in [0.3, 0.4) is 0 Å². The van der Waals surface area contributed by atoms with E-state index in [0.29, 0.717) is 0 Å². The van der Waals surface area contributed by atoms with Gasteiger partial charge in [-0.2, -0.15) is 0 Å². The van der Waals surface area contributed by atoms with Crippen molar-refractivity contribution >= 4 is 11.4 Å². The summed E-state index contributed by atoms with van der Waals surface area (Å²) in [6.45, 7) is 0.841. The minimum absolute atomic E-state index is 0.284. The van der Waals surface area contributed by atoms with E-state index in [-0.39, 0.29) is 5.75 Å². The van der Waals surface area contributed by atoms with Crippen molar-refractivity contribution < 1.29 is 5.11 Å². The molecule has 0 radical (unpaired) electrons. The summed E-state index contributed by atoms with van der Waals surface area (Å²) in [6.07, 6.45) is 0.923. The molecule has 3 heteroatoms. The lowest BCUT2D eigenvalue weighted by Gasteiger charge is -2.07. The lowest BCUT2D eigenvalue weighted by atomic mass is 10.1. The fourth-order valence-electron chi connectivity index (χ4n) is 1.68. The first-order valence-corrected chi connectivity index (χ1v) is 5.61. The van der Waals surface area contributed by atoms with E-state index in [0.717, 1.165) is 24.3 Å². The first-order valence-electron chi connectivity index (χ1n) is 5.61. The average Bonchev–Trinajstić information content (AvgIpc) is 2.32. The van der Waals surface area contributed by atoms with Crippen LogP contribution in [0, 0.1) is 0 Å². The second kappa shape index (κ2) is 5.25. The molecule has 17 heavy (non-hydrogen) atoms. The molecule has 0 fully saturated rings. The van der Waals surface area contributed by atoms with Crippen LogP contribution in [0.4, 0.5) is 11.4 Å². The number of hydrogen-bond acceptors (Lipinski definition) is 3. The van der Waals surface area contributed by atoms with Gasteiger partial charge < -0.3 is 16.2 Å². The Hall–Kier alpha value is -2.16. The van der Waals surface area contributed by atoms with Gasteiger partial charge in [0.2, 0.25) is 0 Å². The van der Waals surface area contributed by atoms with Gasteiger partial charge in [0.1, 0.15) is 5.75 Å². The van der Waals surface area contributed by atoms with Crippen molar-refractivity contribution in [3.05, 3.63) is 54.1 Å². The van der Waals surface area contributed by atoms with Gasteiger partial charge in [0.05, 0.1) is 0 Å². The van der Waals surface area contributed by atoms with E-state index < -0.39 is 0 Å². The fraction of sp³-hybridized carbons (Fsp3) is 0.143. The van der Waals surface area contributed by atoms with Gasteiger partial charge >= 0.3 is 0 Å². The zero-order valence-electron chi connectivity index (χ0n) is 9.56. The van der Waals surface area contributed by atoms with Crippen molar-refractivity contribution in [2.45, 2.75) is 6.42 Å². The topological polar surface area (TPSA) is 58.3 Å².